The molecule has 1 saturated carbocycles. The van der Waals surface area contributed by atoms with Crippen LogP contribution in [0.5, 0.6) is 5.75 Å². The minimum Gasteiger partial charge on any atom is -0.487 e. The average Bonchev–Trinajstić information content (AvgIpc) is 3.11. The number of benzene rings is 2. The van der Waals surface area contributed by atoms with E-state index >= 15 is 0 Å². The fourth-order valence-corrected chi connectivity index (χ4v) is 4.56. The molecule has 3 aromatic rings. The third-order valence-corrected chi connectivity index (χ3v) is 6.15. The van der Waals surface area contributed by atoms with Gasteiger partial charge in [0, 0.05) is 15.4 Å². The smallest absolute Gasteiger partial charge is 0.310 e. The fourth-order valence-electron chi connectivity index (χ4n) is 4.20. The number of halogens is 1. The topological polar surface area (TPSA) is 53.4 Å². The summed E-state index contributed by atoms with van der Waals surface area (Å²) < 4.78 is 14.6. The number of carbonyl (C=O) groups is 1. The van der Waals surface area contributed by atoms with Gasteiger partial charge in [0.05, 0.1) is 30.3 Å². The first-order chi connectivity index (χ1) is 14.7. The monoisotopic (exact) mass is 470 g/mol. The summed E-state index contributed by atoms with van der Waals surface area (Å²) in [6, 6.07) is 14.3. The SMILES string of the molecule is CCOC(=O)Cc1ccccc1OCc1c2cc(Br)ccc2nn1C1CCCCC1. The van der Waals surface area contributed by atoms with E-state index in [1.54, 1.807) is 0 Å². The number of esters is 1. The van der Waals surface area contributed by atoms with Crippen LogP contribution in [0.2, 0.25) is 0 Å². The predicted octanol–water partition coefficient (Wildman–Crippen LogP) is 5.99. The summed E-state index contributed by atoms with van der Waals surface area (Å²) in [5, 5.41) is 6.04. The largest absolute Gasteiger partial charge is 0.487 e. The molecule has 0 aliphatic heterocycles. The third kappa shape index (κ3) is 4.69. The number of rotatable bonds is 7. The lowest BCUT2D eigenvalue weighted by Gasteiger charge is -2.24. The van der Waals surface area contributed by atoms with Crippen molar-refractivity contribution in [1.82, 2.24) is 9.78 Å². The highest BCUT2D eigenvalue weighted by molar-refractivity contribution is 9.10. The molecular formula is C24H27BrN2O3. The Hall–Kier alpha value is -2.34. The molecule has 0 N–H and O–H groups in total. The Labute approximate surface area is 185 Å². The van der Waals surface area contributed by atoms with Crippen molar-refractivity contribution in [2.24, 2.45) is 0 Å². The summed E-state index contributed by atoms with van der Waals surface area (Å²) in [6.07, 6.45) is 6.30. The van der Waals surface area contributed by atoms with Crippen LogP contribution in [-0.2, 0) is 22.6 Å². The number of ether oxygens (including phenoxy) is 2. The second kappa shape index (κ2) is 9.65. The molecule has 0 amide bonds. The zero-order valence-corrected chi connectivity index (χ0v) is 18.9. The van der Waals surface area contributed by atoms with Crippen LogP contribution in [0.1, 0.15) is 56.3 Å². The van der Waals surface area contributed by atoms with Crippen molar-refractivity contribution in [3.63, 3.8) is 0 Å². The van der Waals surface area contributed by atoms with Gasteiger partial charge in [0.1, 0.15) is 12.4 Å². The molecule has 1 heterocycles. The number of aromatic nitrogens is 2. The zero-order chi connectivity index (χ0) is 20.9. The molecule has 0 saturated heterocycles. The molecule has 5 nitrogen and oxygen atoms in total. The maximum atomic E-state index is 12.0. The zero-order valence-electron chi connectivity index (χ0n) is 17.3. The Morgan fingerprint density at radius 2 is 1.97 bits per heavy atom. The Kier molecular flexibility index (Phi) is 6.72. The Morgan fingerprint density at radius 1 is 1.17 bits per heavy atom. The average molecular weight is 471 g/mol. The lowest BCUT2D eigenvalue weighted by molar-refractivity contribution is -0.142. The van der Waals surface area contributed by atoms with Gasteiger partial charge < -0.3 is 9.47 Å². The van der Waals surface area contributed by atoms with Crippen LogP contribution < -0.4 is 4.74 Å². The van der Waals surface area contributed by atoms with Crippen molar-refractivity contribution in [1.29, 1.82) is 0 Å². The highest BCUT2D eigenvalue weighted by atomic mass is 79.9. The van der Waals surface area contributed by atoms with Crippen LogP contribution in [0.4, 0.5) is 0 Å². The Morgan fingerprint density at radius 3 is 2.77 bits per heavy atom. The van der Waals surface area contributed by atoms with Gasteiger partial charge in [0.25, 0.3) is 0 Å². The van der Waals surface area contributed by atoms with Gasteiger partial charge in [-0.15, -0.1) is 0 Å². The second-order valence-corrected chi connectivity index (χ2v) is 8.64. The van der Waals surface area contributed by atoms with E-state index in [1.807, 2.05) is 37.3 Å². The summed E-state index contributed by atoms with van der Waals surface area (Å²) >= 11 is 3.59. The fraction of sp³-hybridized carbons (Fsp3) is 0.417. The molecule has 4 rings (SSSR count). The maximum absolute atomic E-state index is 12.0. The molecule has 1 aliphatic rings. The van der Waals surface area contributed by atoms with Crippen molar-refractivity contribution in [2.75, 3.05) is 6.61 Å². The molecular weight excluding hydrogens is 444 g/mol. The molecule has 0 bridgehead atoms. The number of carbonyl (C=O) groups excluding carboxylic acids is 1. The predicted molar refractivity (Wildman–Crippen MR) is 121 cm³/mol. The van der Waals surface area contributed by atoms with E-state index in [1.165, 1.54) is 19.3 Å². The minimum absolute atomic E-state index is 0.207. The lowest BCUT2D eigenvalue weighted by atomic mass is 9.95. The molecule has 1 aromatic heterocycles. The van der Waals surface area contributed by atoms with Crippen molar-refractivity contribution in [2.45, 2.75) is 58.1 Å². The highest BCUT2D eigenvalue weighted by Gasteiger charge is 2.22. The third-order valence-electron chi connectivity index (χ3n) is 5.66. The number of fused-ring (bicyclic) bond motifs is 1. The summed E-state index contributed by atoms with van der Waals surface area (Å²) in [4.78, 5) is 12.0. The molecule has 30 heavy (non-hydrogen) atoms. The van der Waals surface area contributed by atoms with E-state index in [0.717, 1.165) is 39.5 Å². The van der Waals surface area contributed by atoms with Crippen LogP contribution in [0.25, 0.3) is 10.9 Å². The van der Waals surface area contributed by atoms with Crippen LogP contribution in [-0.4, -0.2) is 22.4 Å². The first-order valence-corrected chi connectivity index (χ1v) is 11.5. The van der Waals surface area contributed by atoms with Crippen LogP contribution in [0.3, 0.4) is 0 Å². The van der Waals surface area contributed by atoms with Gasteiger partial charge in [-0.1, -0.05) is 53.4 Å². The normalized spacial score (nSPS) is 14.7. The van der Waals surface area contributed by atoms with Crippen molar-refractivity contribution in [3.05, 3.63) is 58.2 Å². The molecule has 0 unspecified atom stereocenters. The van der Waals surface area contributed by atoms with Gasteiger partial charge in [-0.3, -0.25) is 9.48 Å². The van der Waals surface area contributed by atoms with E-state index in [2.05, 4.69) is 32.7 Å². The second-order valence-electron chi connectivity index (χ2n) is 7.72. The number of nitrogens with zero attached hydrogens (tertiary/aromatic N) is 2. The summed E-state index contributed by atoms with van der Waals surface area (Å²) in [5.74, 6) is 0.472. The van der Waals surface area contributed by atoms with Gasteiger partial charge in [-0.25, -0.2) is 0 Å². The molecule has 158 valence electrons. The Balaban J connectivity index is 1.62. The van der Waals surface area contributed by atoms with E-state index in [9.17, 15) is 4.79 Å². The lowest BCUT2D eigenvalue weighted by Crippen LogP contribution is -2.18. The van der Waals surface area contributed by atoms with E-state index in [0.29, 0.717) is 25.0 Å². The van der Waals surface area contributed by atoms with Crippen LogP contribution >= 0.6 is 15.9 Å². The van der Waals surface area contributed by atoms with E-state index in [-0.39, 0.29) is 12.4 Å². The van der Waals surface area contributed by atoms with Crippen molar-refractivity contribution in [3.8, 4) is 5.75 Å². The minimum atomic E-state index is -0.241. The molecule has 0 spiro atoms. The van der Waals surface area contributed by atoms with Gasteiger partial charge in [-0.05, 0) is 44.0 Å². The van der Waals surface area contributed by atoms with Crippen molar-refractivity contribution >= 4 is 32.8 Å². The molecule has 1 fully saturated rings. The molecule has 1 aliphatic carbocycles. The quantitative estimate of drug-likeness (QED) is 0.398. The van der Waals surface area contributed by atoms with Crippen molar-refractivity contribution < 1.29 is 14.3 Å². The number of hydrogen-bond acceptors (Lipinski definition) is 4. The molecule has 0 radical (unpaired) electrons. The molecule has 0 atom stereocenters. The van der Waals surface area contributed by atoms with Gasteiger partial charge in [0.15, 0.2) is 0 Å². The first-order valence-electron chi connectivity index (χ1n) is 10.7. The summed E-state index contributed by atoms with van der Waals surface area (Å²) in [6.45, 7) is 2.60. The summed E-state index contributed by atoms with van der Waals surface area (Å²) in [7, 11) is 0. The Bertz CT molecular complexity index is 1020. The van der Waals surface area contributed by atoms with Crippen LogP contribution in [0, 0.1) is 0 Å². The summed E-state index contributed by atoms with van der Waals surface area (Å²) in [5.41, 5.74) is 2.91. The highest BCUT2D eigenvalue weighted by Crippen LogP contribution is 2.33. The molecule has 6 heteroatoms. The van der Waals surface area contributed by atoms with Crippen LogP contribution in [0.15, 0.2) is 46.9 Å². The number of hydrogen-bond donors (Lipinski definition) is 0. The van der Waals surface area contributed by atoms with Gasteiger partial charge in [-0.2, -0.15) is 5.10 Å². The van der Waals surface area contributed by atoms with Gasteiger partial charge >= 0.3 is 5.97 Å². The van der Waals surface area contributed by atoms with E-state index < -0.39 is 0 Å². The standard InChI is InChI=1S/C24H27BrN2O3/c1-2-29-24(28)14-17-8-6-7-11-23(17)30-16-22-20-15-18(25)12-13-21(20)26-27(22)19-9-4-3-5-10-19/h6-8,11-13,15,19H,2-5,9-10,14,16H2,1H3. The van der Waals surface area contributed by atoms with Gasteiger partial charge in [0.2, 0.25) is 0 Å². The maximum Gasteiger partial charge on any atom is 0.310 e. The first kappa shape index (κ1) is 20.9. The number of para-hydroxylation sites is 1. The van der Waals surface area contributed by atoms with E-state index in [4.69, 9.17) is 14.6 Å². The molecule has 2 aromatic carbocycles.